The lowest BCUT2D eigenvalue weighted by Crippen LogP contribution is -2.28. The van der Waals surface area contributed by atoms with Crippen molar-refractivity contribution in [3.05, 3.63) is 46.0 Å². The Morgan fingerprint density at radius 3 is 2.73 bits per heavy atom. The number of nitrogens with one attached hydrogen (secondary N) is 1. The van der Waals surface area contributed by atoms with Gasteiger partial charge in [-0.1, -0.05) is 28.8 Å². The van der Waals surface area contributed by atoms with Crippen LogP contribution in [0.3, 0.4) is 0 Å². The van der Waals surface area contributed by atoms with Gasteiger partial charge in [-0.3, -0.25) is 11.3 Å². The van der Waals surface area contributed by atoms with E-state index in [1.54, 1.807) is 12.1 Å². The molecule has 0 bridgehead atoms. The minimum Gasteiger partial charge on any atom is -0.271 e. The maximum Gasteiger partial charge on any atom is 0.0512 e. The van der Waals surface area contributed by atoms with Crippen LogP contribution >= 0.6 is 23.2 Å². The Balaban J connectivity index is 3.00. The molecule has 1 unspecified atom stereocenters. The summed E-state index contributed by atoms with van der Waals surface area (Å²) in [6.07, 6.45) is 0.733. The van der Waals surface area contributed by atoms with Crippen LogP contribution < -0.4 is 11.3 Å². The van der Waals surface area contributed by atoms with E-state index in [1.165, 1.54) is 0 Å². The van der Waals surface area contributed by atoms with Crippen LogP contribution in [0.25, 0.3) is 0 Å². The maximum atomic E-state index is 6.07. The monoisotopic (exact) mass is 244 g/mol. The molecule has 0 saturated heterocycles. The van der Waals surface area contributed by atoms with Gasteiger partial charge in [-0.25, -0.2) is 0 Å². The molecule has 3 N–H and O–H groups in total. The molecule has 1 rings (SSSR count). The van der Waals surface area contributed by atoms with Gasteiger partial charge in [-0.05, 0) is 37.1 Å². The molecule has 15 heavy (non-hydrogen) atoms. The van der Waals surface area contributed by atoms with Crippen LogP contribution in [0.15, 0.2) is 30.4 Å². The van der Waals surface area contributed by atoms with E-state index in [-0.39, 0.29) is 6.04 Å². The molecular weight excluding hydrogens is 231 g/mol. The van der Waals surface area contributed by atoms with E-state index in [4.69, 9.17) is 29.0 Å². The fourth-order valence-electron chi connectivity index (χ4n) is 1.39. The van der Waals surface area contributed by atoms with Crippen LogP contribution in [-0.2, 0) is 0 Å². The molecule has 0 fully saturated rings. The summed E-state index contributed by atoms with van der Waals surface area (Å²) in [6.45, 7) is 5.80. The van der Waals surface area contributed by atoms with Crippen molar-refractivity contribution < 1.29 is 0 Å². The van der Waals surface area contributed by atoms with E-state index in [0.717, 1.165) is 17.6 Å². The zero-order chi connectivity index (χ0) is 11.4. The van der Waals surface area contributed by atoms with Gasteiger partial charge in [0.2, 0.25) is 0 Å². The maximum absolute atomic E-state index is 6.07. The second-order valence-corrected chi connectivity index (χ2v) is 4.39. The molecule has 0 aliphatic heterocycles. The highest BCUT2D eigenvalue weighted by atomic mass is 35.5. The number of hydrogen-bond acceptors (Lipinski definition) is 2. The zero-order valence-electron chi connectivity index (χ0n) is 8.56. The third-order valence-electron chi connectivity index (χ3n) is 2.09. The van der Waals surface area contributed by atoms with Crippen molar-refractivity contribution in [2.45, 2.75) is 19.4 Å². The molecule has 2 nitrogen and oxygen atoms in total. The molecule has 0 aliphatic carbocycles. The highest BCUT2D eigenvalue weighted by Crippen LogP contribution is 2.29. The summed E-state index contributed by atoms with van der Waals surface area (Å²) in [5.41, 5.74) is 4.65. The predicted octanol–water partition coefficient (Wildman–Crippen LogP) is 3.46. The SMILES string of the molecule is C=C(C)CC(NN)c1cc(Cl)ccc1Cl. The van der Waals surface area contributed by atoms with E-state index in [9.17, 15) is 0 Å². The minimum atomic E-state index is -0.0475. The van der Waals surface area contributed by atoms with Crippen LogP contribution in [0.5, 0.6) is 0 Å². The van der Waals surface area contributed by atoms with E-state index >= 15 is 0 Å². The lowest BCUT2D eigenvalue weighted by atomic mass is 10.0. The molecule has 82 valence electrons. The average Bonchev–Trinajstić information content (AvgIpc) is 2.18. The Morgan fingerprint density at radius 2 is 2.20 bits per heavy atom. The lowest BCUT2D eigenvalue weighted by molar-refractivity contribution is 0.550. The highest BCUT2D eigenvalue weighted by Gasteiger charge is 2.13. The van der Waals surface area contributed by atoms with E-state index in [2.05, 4.69) is 12.0 Å². The van der Waals surface area contributed by atoms with Crippen molar-refractivity contribution in [1.29, 1.82) is 0 Å². The van der Waals surface area contributed by atoms with Crippen LogP contribution in [0.4, 0.5) is 0 Å². The predicted molar refractivity (Wildman–Crippen MR) is 66.0 cm³/mol. The van der Waals surface area contributed by atoms with Gasteiger partial charge in [0, 0.05) is 10.0 Å². The van der Waals surface area contributed by atoms with Crippen molar-refractivity contribution in [3.8, 4) is 0 Å². The van der Waals surface area contributed by atoms with Crippen LogP contribution in [0, 0.1) is 0 Å². The summed E-state index contributed by atoms with van der Waals surface area (Å²) in [6, 6.07) is 5.29. The molecule has 0 radical (unpaired) electrons. The van der Waals surface area contributed by atoms with Crippen molar-refractivity contribution in [1.82, 2.24) is 5.43 Å². The molecule has 0 saturated carbocycles. The van der Waals surface area contributed by atoms with Crippen molar-refractivity contribution >= 4 is 23.2 Å². The van der Waals surface area contributed by atoms with Gasteiger partial charge in [-0.2, -0.15) is 0 Å². The molecule has 0 aliphatic rings. The number of rotatable bonds is 4. The second-order valence-electron chi connectivity index (χ2n) is 3.55. The Labute approximate surface area is 100 Å². The molecule has 4 heteroatoms. The highest BCUT2D eigenvalue weighted by molar-refractivity contribution is 6.33. The molecule has 1 aromatic rings. The topological polar surface area (TPSA) is 38.0 Å². The first kappa shape index (κ1) is 12.5. The first-order valence-electron chi connectivity index (χ1n) is 4.60. The Bertz CT molecular complexity index is 364. The number of benzene rings is 1. The quantitative estimate of drug-likeness (QED) is 0.484. The van der Waals surface area contributed by atoms with E-state index in [0.29, 0.717) is 10.0 Å². The molecule has 1 aromatic carbocycles. The van der Waals surface area contributed by atoms with Gasteiger partial charge in [0.1, 0.15) is 0 Å². The standard InChI is InChI=1S/C11H14Cl2N2/c1-7(2)5-11(15-14)9-6-8(12)3-4-10(9)13/h3-4,6,11,15H,1,5,14H2,2H3. The number of nitrogens with two attached hydrogens (primary N) is 1. The minimum absolute atomic E-state index is 0.0475. The zero-order valence-corrected chi connectivity index (χ0v) is 10.1. The van der Waals surface area contributed by atoms with Crippen molar-refractivity contribution in [2.24, 2.45) is 5.84 Å². The van der Waals surface area contributed by atoms with Gasteiger partial charge in [0.15, 0.2) is 0 Å². The van der Waals surface area contributed by atoms with Gasteiger partial charge < -0.3 is 0 Å². The molecular formula is C11H14Cl2N2. The smallest absolute Gasteiger partial charge is 0.0512 e. The van der Waals surface area contributed by atoms with Crippen LogP contribution in [0.1, 0.15) is 24.9 Å². The first-order chi connectivity index (χ1) is 7.04. The Kier molecular flexibility index (Phi) is 4.61. The normalized spacial score (nSPS) is 12.5. The van der Waals surface area contributed by atoms with Gasteiger partial charge in [-0.15, -0.1) is 6.58 Å². The van der Waals surface area contributed by atoms with E-state index in [1.807, 2.05) is 13.0 Å². The number of hydrazine groups is 1. The van der Waals surface area contributed by atoms with Gasteiger partial charge in [0.25, 0.3) is 0 Å². The van der Waals surface area contributed by atoms with Crippen LogP contribution in [0.2, 0.25) is 10.0 Å². The molecule has 0 aromatic heterocycles. The van der Waals surface area contributed by atoms with Gasteiger partial charge >= 0.3 is 0 Å². The van der Waals surface area contributed by atoms with Gasteiger partial charge in [0.05, 0.1) is 6.04 Å². The summed E-state index contributed by atoms with van der Waals surface area (Å²) in [4.78, 5) is 0. The summed E-state index contributed by atoms with van der Waals surface area (Å²) in [5.74, 6) is 5.48. The lowest BCUT2D eigenvalue weighted by Gasteiger charge is -2.17. The average molecular weight is 245 g/mol. The summed E-state index contributed by atoms with van der Waals surface area (Å²) in [7, 11) is 0. The van der Waals surface area contributed by atoms with E-state index < -0.39 is 0 Å². The Morgan fingerprint density at radius 1 is 1.53 bits per heavy atom. The van der Waals surface area contributed by atoms with Crippen LogP contribution in [-0.4, -0.2) is 0 Å². The fraction of sp³-hybridized carbons (Fsp3) is 0.273. The number of hydrogen-bond donors (Lipinski definition) is 2. The van der Waals surface area contributed by atoms with Crippen molar-refractivity contribution in [2.75, 3.05) is 0 Å². The largest absolute Gasteiger partial charge is 0.271 e. The first-order valence-corrected chi connectivity index (χ1v) is 5.35. The molecule has 0 heterocycles. The summed E-state index contributed by atoms with van der Waals surface area (Å²) in [5, 5.41) is 1.31. The third kappa shape index (κ3) is 3.50. The third-order valence-corrected chi connectivity index (χ3v) is 2.67. The Hall–Kier alpha value is -0.540. The number of halogens is 2. The molecule has 1 atom stereocenters. The molecule has 0 spiro atoms. The van der Waals surface area contributed by atoms with Crippen molar-refractivity contribution in [3.63, 3.8) is 0 Å². The fourth-order valence-corrected chi connectivity index (χ4v) is 1.82. The summed E-state index contributed by atoms with van der Waals surface area (Å²) >= 11 is 12.0. The summed E-state index contributed by atoms with van der Waals surface area (Å²) < 4.78 is 0. The molecule has 0 amide bonds. The second kappa shape index (κ2) is 5.52.